The highest BCUT2D eigenvalue weighted by atomic mass is 19.4. The van der Waals surface area contributed by atoms with Crippen LogP contribution < -0.4 is 5.06 Å². The summed E-state index contributed by atoms with van der Waals surface area (Å²) in [6.45, 7) is -3.42. The molecule has 0 saturated heterocycles. The van der Waals surface area contributed by atoms with Gasteiger partial charge >= 0.3 is 12.8 Å². The number of amides is 1. The summed E-state index contributed by atoms with van der Waals surface area (Å²) in [5.74, 6) is -1.77. The lowest BCUT2D eigenvalue weighted by atomic mass is 10.2. The molecule has 122 valence electrons. The van der Waals surface area contributed by atoms with Gasteiger partial charge in [-0.25, -0.2) is 4.98 Å². The average molecular weight is 332 g/mol. The van der Waals surface area contributed by atoms with Crippen LogP contribution in [0.4, 0.5) is 27.8 Å². The fraction of sp³-hybridized carbons (Fsp3) is 0.143. The second-order valence-corrected chi connectivity index (χ2v) is 4.23. The number of aromatic nitrogens is 1. The maximum absolute atomic E-state index is 12.7. The van der Waals surface area contributed by atoms with Crippen LogP contribution in [-0.4, -0.2) is 17.5 Å². The first kappa shape index (κ1) is 16.8. The first-order valence-electron chi connectivity index (χ1n) is 6.16. The molecule has 0 aliphatic heterocycles. The summed E-state index contributed by atoms with van der Waals surface area (Å²) in [7, 11) is 0. The van der Waals surface area contributed by atoms with Crippen molar-refractivity contribution in [2.45, 2.75) is 12.8 Å². The van der Waals surface area contributed by atoms with Crippen LogP contribution in [0.15, 0.2) is 48.7 Å². The third-order valence-electron chi connectivity index (χ3n) is 2.67. The van der Waals surface area contributed by atoms with E-state index in [0.717, 1.165) is 6.20 Å². The molecule has 2 rings (SSSR count). The molecule has 0 aliphatic carbocycles. The van der Waals surface area contributed by atoms with Gasteiger partial charge in [0.1, 0.15) is 0 Å². The number of carbonyl (C=O) groups is 1. The van der Waals surface area contributed by atoms with E-state index in [1.54, 1.807) is 6.07 Å². The third-order valence-corrected chi connectivity index (χ3v) is 2.67. The molecule has 1 amide bonds. The van der Waals surface area contributed by atoms with E-state index in [4.69, 9.17) is 0 Å². The van der Waals surface area contributed by atoms with E-state index in [9.17, 15) is 26.7 Å². The Kier molecular flexibility index (Phi) is 4.89. The molecule has 23 heavy (non-hydrogen) atoms. The van der Waals surface area contributed by atoms with E-state index < -0.39 is 30.1 Å². The number of halogens is 5. The van der Waals surface area contributed by atoms with Crippen molar-refractivity contribution in [2.75, 3.05) is 5.06 Å². The Morgan fingerprint density at radius 3 is 2.35 bits per heavy atom. The molecule has 4 nitrogen and oxygen atoms in total. The average Bonchev–Trinajstić information content (AvgIpc) is 2.52. The summed E-state index contributed by atoms with van der Waals surface area (Å²) in [6.07, 6.45) is -3.97. The molecule has 9 heteroatoms. The van der Waals surface area contributed by atoms with Crippen LogP contribution >= 0.6 is 0 Å². The van der Waals surface area contributed by atoms with Gasteiger partial charge in [-0.3, -0.25) is 4.79 Å². The van der Waals surface area contributed by atoms with Gasteiger partial charge in [0.2, 0.25) is 0 Å². The lowest BCUT2D eigenvalue weighted by molar-refractivity contribution is -0.138. The molecule has 1 aromatic carbocycles. The molecule has 1 aromatic heterocycles. The minimum absolute atomic E-state index is 0.0369. The Morgan fingerprint density at radius 1 is 1.13 bits per heavy atom. The minimum atomic E-state index is -4.72. The highest BCUT2D eigenvalue weighted by Gasteiger charge is 2.32. The highest BCUT2D eigenvalue weighted by Crippen LogP contribution is 2.31. The first-order valence-corrected chi connectivity index (χ1v) is 6.16. The van der Waals surface area contributed by atoms with E-state index in [0.29, 0.717) is 12.1 Å². The van der Waals surface area contributed by atoms with Crippen molar-refractivity contribution in [1.29, 1.82) is 0 Å². The number of hydrogen-bond acceptors (Lipinski definition) is 3. The summed E-state index contributed by atoms with van der Waals surface area (Å²) in [5, 5.41) is 0.0369. The van der Waals surface area contributed by atoms with Crippen LogP contribution in [0.5, 0.6) is 0 Å². The molecule has 0 saturated carbocycles. The van der Waals surface area contributed by atoms with Crippen molar-refractivity contribution in [1.82, 2.24) is 4.98 Å². The Balaban J connectivity index is 2.41. The van der Waals surface area contributed by atoms with E-state index in [1.807, 2.05) is 0 Å². The number of alkyl halides is 5. The van der Waals surface area contributed by atoms with Crippen LogP contribution in [0, 0.1) is 0 Å². The van der Waals surface area contributed by atoms with Gasteiger partial charge in [0.05, 0.1) is 5.56 Å². The van der Waals surface area contributed by atoms with Crippen molar-refractivity contribution in [3.8, 4) is 0 Å². The Morgan fingerprint density at radius 2 is 1.78 bits per heavy atom. The molecule has 0 fully saturated rings. The number of anilines is 1. The monoisotopic (exact) mass is 332 g/mol. The fourth-order valence-electron chi connectivity index (χ4n) is 1.69. The van der Waals surface area contributed by atoms with Gasteiger partial charge in [-0.1, -0.05) is 18.2 Å². The maximum Gasteiger partial charge on any atom is 0.416 e. The van der Waals surface area contributed by atoms with Gasteiger partial charge in [0, 0.05) is 11.8 Å². The van der Waals surface area contributed by atoms with Crippen LogP contribution in [0.1, 0.15) is 15.9 Å². The molecule has 0 radical (unpaired) electrons. The summed E-state index contributed by atoms with van der Waals surface area (Å²) < 4.78 is 63.1. The van der Waals surface area contributed by atoms with Gasteiger partial charge in [-0.2, -0.15) is 31.9 Å². The van der Waals surface area contributed by atoms with Crippen molar-refractivity contribution < 1.29 is 31.6 Å². The standard InChI is InChI=1S/C14H9F5N2O2/c15-13(16)23-21(12(22)9-4-2-1-3-5-9)11-8-10(6-7-20-11)14(17,18)19/h1-8,13H. The predicted molar refractivity (Wildman–Crippen MR) is 69.6 cm³/mol. The number of hydrogen-bond donors (Lipinski definition) is 0. The molecule has 0 N–H and O–H groups in total. The molecule has 0 unspecified atom stereocenters. The second-order valence-electron chi connectivity index (χ2n) is 4.23. The molecule has 0 bridgehead atoms. The number of rotatable bonds is 4. The van der Waals surface area contributed by atoms with E-state index in [2.05, 4.69) is 9.82 Å². The van der Waals surface area contributed by atoms with Crippen molar-refractivity contribution in [2.24, 2.45) is 0 Å². The number of pyridine rings is 1. The SMILES string of the molecule is O=C(c1ccccc1)N(OC(F)F)c1cc(C(F)(F)F)ccn1. The first-order chi connectivity index (χ1) is 10.8. The summed E-state index contributed by atoms with van der Waals surface area (Å²) >= 11 is 0. The molecule has 0 aliphatic rings. The summed E-state index contributed by atoms with van der Waals surface area (Å²) in [4.78, 5) is 19.7. The maximum atomic E-state index is 12.7. The van der Waals surface area contributed by atoms with E-state index in [-0.39, 0.29) is 10.6 Å². The minimum Gasteiger partial charge on any atom is -0.266 e. The van der Waals surface area contributed by atoms with Crippen molar-refractivity contribution in [3.63, 3.8) is 0 Å². The van der Waals surface area contributed by atoms with Crippen LogP contribution in [0.2, 0.25) is 0 Å². The zero-order chi connectivity index (χ0) is 17.0. The summed E-state index contributed by atoms with van der Waals surface area (Å²) in [5.41, 5.74) is -1.20. The van der Waals surface area contributed by atoms with Gasteiger partial charge in [0.25, 0.3) is 5.91 Å². The lowest BCUT2D eigenvalue weighted by Crippen LogP contribution is -2.34. The zero-order valence-electron chi connectivity index (χ0n) is 11.3. The van der Waals surface area contributed by atoms with E-state index >= 15 is 0 Å². The van der Waals surface area contributed by atoms with Crippen molar-refractivity contribution in [3.05, 3.63) is 59.8 Å². The van der Waals surface area contributed by atoms with Crippen LogP contribution in [0.25, 0.3) is 0 Å². The number of benzene rings is 1. The Hall–Kier alpha value is -2.55. The smallest absolute Gasteiger partial charge is 0.266 e. The van der Waals surface area contributed by atoms with Gasteiger partial charge in [0.15, 0.2) is 5.82 Å². The molecular formula is C14H9F5N2O2. The van der Waals surface area contributed by atoms with E-state index in [1.165, 1.54) is 24.3 Å². The second kappa shape index (κ2) is 6.69. The Labute approximate surface area is 127 Å². The van der Waals surface area contributed by atoms with Gasteiger partial charge < -0.3 is 0 Å². The normalized spacial score (nSPS) is 11.6. The molecule has 2 aromatic rings. The lowest BCUT2D eigenvalue weighted by Gasteiger charge is -2.21. The number of carbonyl (C=O) groups excluding carboxylic acids is 1. The van der Waals surface area contributed by atoms with Gasteiger partial charge in [-0.05, 0) is 24.3 Å². The molecule has 0 spiro atoms. The topological polar surface area (TPSA) is 42.4 Å². The predicted octanol–water partition coefficient (Wildman–Crippen LogP) is 3.90. The highest BCUT2D eigenvalue weighted by molar-refractivity contribution is 6.04. The Bertz CT molecular complexity index is 676. The molecule has 1 heterocycles. The molecular weight excluding hydrogens is 323 g/mol. The van der Waals surface area contributed by atoms with Crippen LogP contribution in [0.3, 0.4) is 0 Å². The number of nitrogens with zero attached hydrogens (tertiary/aromatic N) is 2. The fourth-order valence-corrected chi connectivity index (χ4v) is 1.69. The van der Waals surface area contributed by atoms with Crippen molar-refractivity contribution >= 4 is 11.7 Å². The summed E-state index contributed by atoms with van der Waals surface area (Å²) in [6, 6.07) is 8.22. The molecule has 0 atom stereocenters. The number of hydroxylamine groups is 1. The zero-order valence-corrected chi connectivity index (χ0v) is 11.3. The van der Waals surface area contributed by atoms with Crippen LogP contribution in [-0.2, 0) is 11.0 Å². The van der Waals surface area contributed by atoms with Gasteiger partial charge in [-0.15, -0.1) is 0 Å². The third kappa shape index (κ3) is 4.22. The quantitative estimate of drug-likeness (QED) is 0.630. The largest absolute Gasteiger partial charge is 0.416 e.